The second-order valence-corrected chi connectivity index (χ2v) is 4.45. The molecule has 0 aliphatic carbocycles. The van der Waals surface area contributed by atoms with Gasteiger partial charge in [-0.15, -0.1) is 0 Å². The molecular weight excluding hydrogens is 204 g/mol. The average Bonchev–Trinajstić information content (AvgIpc) is 2.18. The topological polar surface area (TPSA) is 38.7 Å². The highest BCUT2D eigenvalue weighted by Crippen LogP contribution is 2.34. The molecule has 0 saturated heterocycles. The van der Waals surface area contributed by atoms with Crippen molar-refractivity contribution in [2.45, 2.75) is 33.3 Å². The van der Waals surface area contributed by atoms with Crippen LogP contribution in [0.1, 0.15) is 33.3 Å². The maximum absolute atomic E-state index is 9.11. The molecule has 1 radical (unpaired) electrons. The summed E-state index contributed by atoms with van der Waals surface area (Å²) in [4.78, 5) is 0. The van der Waals surface area contributed by atoms with Gasteiger partial charge < -0.3 is 14.6 Å². The van der Waals surface area contributed by atoms with Gasteiger partial charge in [-0.1, -0.05) is 12.1 Å². The van der Waals surface area contributed by atoms with Gasteiger partial charge in [0.1, 0.15) is 12.2 Å². The fraction of sp³-hybridized carbons (Fsp3) is 0.462. The van der Waals surface area contributed by atoms with Gasteiger partial charge >= 0.3 is 0 Å². The summed E-state index contributed by atoms with van der Waals surface area (Å²) in [5.74, 6) is 1.24. The maximum atomic E-state index is 9.11. The number of aliphatic hydroxyl groups excluding tert-OH is 1. The molecule has 3 nitrogen and oxygen atoms in total. The largest absolute Gasteiger partial charge is 0.490 e. The lowest BCUT2D eigenvalue weighted by Crippen LogP contribution is -2.23. The van der Waals surface area contributed by atoms with Crippen LogP contribution in [0.15, 0.2) is 18.2 Å². The molecule has 3 heteroatoms. The molecular formula is C13H19O3. The number of ether oxygens (including phenoxy) is 2. The maximum Gasteiger partial charge on any atom is 0.167 e. The fourth-order valence-electron chi connectivity index (χ4n) is 1.34. The van der Waals surface area contributed by atoms with Crippen LogP contribution < -0.4 is 9.47 Å². The normalized spacial score (nSPS) is 11.3. The zero-order valence-electron chi connectivity index (χ0n) is 10.3. The van der Waals surface area contributed by atoms with Crippen molar-refractivity contribution in [1.29, 1.82) is 0 Å². The van der Waals surface area contributed by atoms with Gasteiger partial charge in [-0.3, -0.25) is 0 Å². The summed E-state index contributed by atoms with van der Waals surface area (Å²) in [7, 11) is 0. The first kappa shape index (κ1) is 12.8. The Labute approximate surface area is 97.0 Å². The molecule has 0 amide bonds. The Morgan fingerprint density at radius 2 is 2.00 bits per heavy atom. The minimum atomic E-state index is -0.292. The Kier molecular flexibility index (Phi) is 4.19. The van der Waals surface area contributed by atoms with Crippen LogP contribution in [0, 0.1) is 6.61 Å². The molecule has 0 saturated carbocycles. The van der Waals surface area contributed by atoms with E-state index < -0.39 is 0 Å². The smallest absolute Gasteiger partial charge is 0.167 e. The predicted molar refractivity (Wildman–Crippen MR) is 63.3 cm³/mol. The Morgan fingerprint density at radius 3 is 2.50 bits per heavy atom. The van der Waals surface area contributed by atoms with Crippen LogP contribution >= 0.6 is 0 Å². The highest BCUT2D eigenvalue weighted by Gasteiger charge is 2.17. The highest BCUT2D eigenvalue weighted by atomic mass is 16.5. The molecule has 0 bridgehead atoms. The molecule has 1 aromatic carbocycles. The van der Waals surface area contributed by atoms with E-state index in [2.05, 4.69) is 0 Å². The Morgan fingerprint density at radius 1 is 1.31 bits per heavy atom. The van der Waals surface area contributed by atoms with Crippen molar-refractivity contribution in [3.8, 4) is 11.5 Å². The molecule has 0 spiro atoms. The molecule has 0 aromatic heterocycles. The van der Waals surface area contributed by atoms with E-state index in [4.69, 9.17) is 14.6 Å². The zero-order chi connectivity index (χ0) is 12.2. The molecule has 0 heterocycles. The summed E-state index contributed by atoms with van der Waals surface area (Å²) in [6, 6.07) is 5.44. The van der Waals surface area contributed by atoms with Crippen molar-refractivity contribution >= 4 is 0 Å². The van der Waals surface area contributed by atoms with E-state index >= 15 is 0 Å². The second kappa shape index (κ2) is 5.21. The molecule has 0 aliphatic rings. The van der Waals surface area contributed by atoms with E-state index in [0.29, 0.717) is 23.7 Å². The first-order valence-corrected chi connectivity index (χ1v) is 5.40. The van der Waals surface area contributed by atoms with Gasteiger partial charge in [-0.2, -0.15) is 0 Å². The molecule has 16 heavy (non-hydrogen) atoms. The standard InChI is InChI=1S/C13H19O3/c1-5-15-12-10(9-14)7-6-8-11(12)16-13(2,3)4/h6-9,14H,5H2,1-4H3. The summed E-state index contributed by atoms with van der Waals surface area (Å²) >= 11 is 0. The molecule has 0 fully saturated rings. The zero-order valence-corrected chi connectivity index (χ0v) is 10.3. The number of benzene rings is 1. The lowest BCUT2D eigenvalue weighted by atomic mass is 10.1. The van der Waals surface area contributed by atoms with Gasteiger partial charge in [0.05, 0.1) is 6.61 Å². The van der Waals surface area contributed by atoms with Crippen LogP contribution in [0.4, 0.5) is 0 Å². The number of para-hydroxylation sites is 1. The van der Waals surface area contributed by atoms with E-state index in [1.807, 2.05) is 39.8 Å². The highest BCUT2D eigenvalue weighted by molar-refractivity contribution is 5.49. The Bertz CT molecular complexity index is 340. The lowest BCUT2D eigenvalue weighted by Gasteiger charge is -2.23. The van der Waals surface area contributed by atoms with Gasteiger partial charge in [0.15, 0.2) is 11.5 Å². The summed E-state index contributed by atoms with van der Waals surface area (Å²) in [6.07, 6.45) is 0. The van der Waals surface area contributed by atoms with Crippen LogP contribution in [-0.2, 0) is 0 Å². The Balaban J connectivity index is 3.06. The van der Waals surface area contributed by atoms with Gasteiger partial charge in [0, 0.05) is 5.56 Å². The Hall–Kier alpha value is -1.22. The third-order valence-corrected chi connectivity index (χ3v) is 1.85. The minimum Gasteiger partial charge on any atom is -0.490 e. The summed E-state index contributed by atoms with van der Waals surface area (Å²) < 4.78 is 11.3. The van der Waals surface area contributed by atoms with E-state index in [1.165, 1.54) is 0 Å². The van der Waals surface area contributed by atoms with E-state index in [0.717, 1.165) is 6.61 Å². The third-order valence-electron chi connectivity index (χ3n) is 1.85. The number of hydrogen-bond acceptors (Lipinski definition) is 3. The first-order chi connectivity index (χ1) is 7.48. The van der Waals surface area contributed by atoms with Crippen LogP contribution in [0.25, 0.3) is 0 Å². The van der Waals surface area contributed by atoms with E-state index in [9.17, 15) is 0 Å². The lowest BCUT2D eigenvalue weighted by molar-refractivity contribution is 0.123. The van der Waals surface area contributed by atoms with Gasteiger partial charge in [-0.05, 0) is 33.8 Å². The molecule has 0 aliphatic heterocycles. The monoisotopic (exact) mass is 223 g/mol. The SMILES string of the molecule is CCOc1c([CH]O)cccc1OC(C)(C)C. The van der Waals surface area contributed by atoms with Crippen molar-refractivity contribution in [1.82, 2.24) is 0 Å². The van der Waals surface area contributed by atoms with E-state index in [-0.39, 0.29) is 5.60 Å². The van der Waals surface area contributed by atoms with Crippen LogP contribution in [-0.4, -0.2) is 17.3 Å². The number of aliphatic hydroxyl groups is 1. The van der Waals surface area contributed by atoms with Gasteiger partial charge in [0.2, 0.25) is 0 Å². The number of hydrogen-bond donors (Lipinski definition) is 1. The minimum absolute atomic E-state index is 0.292. The van der Waals surface area contributed by atoms with Crippen molar-refractivity contribution in [2.75, 3.05) is 6.61 Å². The van der Waals surface area contributed by atoms with Gasteiger partial charge in [-0.25, -0.2) is 0 Å². The molecule has 89 valence electrons. The third kappa shape index (κ3) is 3.42. The molecule has 1 rings (SSSR count). The average molecular weight is 223 g/mol. The predicted octanol–water partition coefficient (Wildman–Crippen LogP) is 3.14. The fourth-order valence-corrected chi connectivity index (χ4v) is 1.34. The van der Waals surface area contributed by atoms with Gasteiger partial charge in [0.25, 0.3) is 0 Å². The quantitative estimate of drug-likeness (QED) is 0.852. The van der Waals surface area contributed by atoms with Crippen LogP contribution in [0.2, 0.25) is 0 Å². The molecule has 1 N–H and O–H groups in total. The van der Waals surface area contributed by atoms with Crippen molar-refractivity contribution in [2.24, 2.45) is 0 Å². The summed E-state index contributed by atoms with van der Waals surface area (Å²) in [5.41, 5.74) is 0.337. The van der Waals surface area contributed by atoms with Crippen LogP contribution in [0.3, 0.4) is 0 Å². The van der Waals surface area contributed by atoms with Crippen LogP contribution in [0.5, 0.6) is 11.5 Å². The molecule has 1 aromatic rings. The summed E-state index contributed by atoms with van der Waals surface area (Å²) in [6.45, 7) is 9.37. The summed E-state index contributed by atoms with van der Waals surface area (Å²) in [5, 5.41) is 9.11. The second-order valence-electron chi connectivity index (χ2n) is 4.45. The van der Waals surface area contributed by atoms with E-state index in [1.54, 1.807) is 6.07 Å². The van der Waals surface area contributed by atoms with Crippen molar-refractivity contribution < 1.29 is 14.6 Å². The van der Waals surface area contributed by atoms with Crippen molar-refractivity contribution in [3.63, 3.8) is 0 Å². The molecule has 0 atom stereocenters. The number of rotatable bonds is 4. The first-order valence-electron chi connectivity index (χ1n) is 5.40. The van der Waals surface area contributed by atoms with Crippen molar-refractivity contribution in [3.05, 3.63) is 30.4 Å². The molecule has 0 unspecified atom stereocenters.